The van der Waals surface area contributed by atoms with E-state index in [1.807, 2.05) is 36.4 Å². The number of nitrogens with zero attached hydrogens (tertiary/aromatic N) is 1. The molecule has 0 atom stereocenters. The number of rotatable bonds is 6. The molecule has 2 aliphatic rings. The van der Waals surface area contributed by atoms with Crippen LogP contribution in [-0.2, 0) is 20.2 Å². The molecule has 1 aliphatic heterocycles. The van der Waals surface area contributed by atoms with Gasteiger partial charge in [0.1, 0.15) is 0 Å². The van der Waals surface area contributed by atoms with E-state index in [0.717, 1.165) is 31.2 Å². The Morgan fingerprint density at radius 2 is 1.54 bits per heavy atom. The van der Waals surface area contributed by atoms with Gasteiger partial charge in [0.15, 0.2) is 0 Å². The van der Waals surface area contributed by atoms with Crippen molar-refractivity contribution < 1.29 is 13.2 Å². The van der Waals surface area contributed by atoms with Gasteiger partial charge in [0.05, 0.1) is 10.3 Å². The van der Waals surface area contributed by atoms with Crippen molar-refractivity contribution >= 4 is 15.9 Å². The minimum absolute atomic E-state index is 0.109. The van der Waals surface area contributed by atoms with Crippen molar-refractivity contribution in [1.29, 1.82) is 0 Å². The first-order valence-corrected chi connectivity index (χ1v) is 11.4. The second-order valence-electron chi connectivity index (χ2n) is 7.82. The highest BCUT2D eigenvalue weighted by Gasteiger charge is 2.51. The van der Waals surface area contributed by atoms with Gasteiger partial charge >= 0.3 is 0 Å². The minimum atomic E-state index is -3.42. The van der Waals surface area contributed by atoms with Gasteiger partial charge in [0, 0.05) is 19.6 Å². The van der Waals surface area contributed by atoms with Gasteiger partial charge in [0.2, 0.25) is 15.9 Å². The first-order valence-electron chi connectivity index (χ1n) is 9.91. The number of hydrogen-bond acceptors (Lipinski definition) is 3. The molecule has 2 aromatic rings. The SMILES string of the molecule is O=C(NCC1CCN(S(=O)(=O)c2ccccc2)CC1)C1(c2ccccc2)CC1. The van der Waals surface area contributed by atoms with E-state index in [0.29, 0.717) is 30.4 Å². The fraction of sp³-hybridized carbons (Fsp3) is 0.409. The van der Waals surface area contributed by atoms with Crippen LogP contribution < -0.4 is 5.32 Å². The van der Waals surface area contributed by atoms with E-state index in [4.69, 9.17) is 0 Å². The zero-order valence-corrected chi connectivity index (χ0v) is 16.7. The van der Waals surface area contributed by atoms with Crippen LogP contribution in [0.2, 0.25) is 0 Å². The van der Waals surface area contributed by atoms with Crippen LogP contribution in [0, 0.1) is 5.92 Å². The van der Waals surface area contributed by atoms with Gasteiger partial charge < -0.3 is 5.32 Å². The highest BCUT2D eigenvalue weighted by molar-refractivity contribution is 7.89. The van der Waals surface area contributed by atoms with Gasteiger partial charge in [-0.2, -0.15) is 4.31 Å². The number of amides is 1. The average molecular weight is 399 g/mol. The summed E-state index contributed by atoms with van der Waals surface area (Å²) in [5.74, 6) is 0.427. The Morgan fingerprint density at radius 1 is 0.964 bits per heavy atom. The molecule has 1 amide bonds. The molecule has 1 heterocycles. The highest BCUT2D eigenvalue weighted by Crippen LogP contribution is 2.48. The minimum Gasteiger partial charge on any atom is -0.355 e. The van der Waals surface area contributed by atoms with E-state index in [1.165, 1.54) is 0 Å². The molecule has 1 saturated carbocycles. The Kier molecular flexibility index (Phi) is 5.25. The van der Waals surface area contributed by atoms with Gasteiger partial charge in [-0.15, -0.1) is 0 Å². The molecule has 0 bridgehead atoms. The molecule has 2 fully saturated rings. The topological polar surface area (TPSA) is 66.5 Å². The molecule has 1 N–H and O–H groups in total. The normalized spacial score (nSPS) is 19.9. The maximum atomic E-state index is 12.8. The van der Waals surface area contributed by atoms with Crippen LogP contribution in [0.5, 0.6) is 0 Å². The summed E-state index contributed by atoms with van der Waals surface area (Å²) in [5, 5.41) is 3.13. The molecule has 0 radical (unpaired) electrons. The number of benzene rings is 2. The molecule has 1 saturated heterocycles. The maximum absolute atomic E-state index is 12.8. The Labute approximate surface area is 166 Å². The molecule has 2 aromatic carbocycles. The highest BCUT2D eigenvalue weighted by atomic mass is 32.2. The van der Waals surface area contributed by atoms with Crippen LogP contribution in [0.3, 0.4) is 0 Å². The van der Waals surface area contributed by atoms with E-state index in [1.54, 1.807) is 28.6 Å². The van der Waals surface area contributed by atoms with E-state index < -0.39 is 10.0 Å². The van der Waals surface area contributed by atoms with Crippen LogP contribution in [-0.4, -0.2) is 38.3 Å². The lowest BCUT2D eigenvalue weighted by Crippen LogP contribution is -2.43. The monoisotopic (exact) mass is 398 g/mol. The molecular formula is C22H26N2O3S. The molecular weight excluding hydrogens is 372 g/mol. The van der Waals surface area contributed by atoms with Crippen LogP contribution in [0.1, 0.15) is 31.2 Å². The van der Waals surface area contributed by atoms with E-state index in [2.05, 4.69) is 5.32 Å². The first-order chi connectivity index (χ1) is 13.5. The van der Waals surface area contributed by atoms with Crippen LogP contribution in [0.4, 0.5) is 0 Å². The zero-order valence-electron chi connectivity index (χ0n) is 15.9. The van der Waals surface area contributed by atoms with E-state index in [9.17, 15) is 13.2 Å². The second-order valence-corrected chi connectivity index (χ2v) is 9.76. The van der Waals surface area contributed by atoms with Crippen LogP contribution >= 0.6 is 0 Å². The summed E-state index contributed by atoms with van der Waals surface area (Å²) in [6.07, 6.45) is 3.34. The van der Waals surface area contributed by atoms with Gasteiger partial charge in [-0.1, -0.05) is 48.5 Å². The average Bonchev–Trinajstić information content (AvgIpc) is 3.56. The van der Waals surface area contributed by atoms with Crippen molar-refractivity contribution in [2.24, 2.45) is 5.92 Å². The van der Waals surface area contributed by atoms with Crippen molar-refractivity contribution in [3.05, 3.63) is 66.2 Å². The fourth-order valence-electron chi connectivity index (χ4n) is 4.03. The Bertz CT molecular complexity index is 917. The lowest BCUT2D eigenvalue weighted by molar-refractivity contribution is -0.123. The van der Waals surface area contributed by atoms with Crippen molar-refractivity contribution in [2.45, 2.75) is 36.0 Å². The van der Waals surface area contributed by atoms with E-state index >= 15 is 0 Å². The third kappa shape index (κ3) is 3.71. The number of carbonyl (C=O) groups excluding carboxylic acids is 1. The summed E-state index contributed by atoms with van der Waals surface area (Å²) in [6.45, 7) is 1.62. The van der Waals surface area contributed by atoms with Gasteiger partial charge in [-0.3, -0.25) is 4.79 Å². The number of carbonyl (C=O) groups is 1. The molecule has 0 aromatic heterocycles. The Balaban J connectivity index is 1.30. The molecule has 0 unspecified atom stereocenters. The lowest BCUT2D eigenvalue weighted by atomic mass is 9.94. The maximum Gasteiger partial charge on any atom is 0.243 e. The van der Waals surface area contributed by atoms with Gasteiger partial charge in [-0.05, 0) is 49.3 Å². The number of piperidine rings is 1. The molecule has 0 spiro atoms. The molecule has 4 rings (SSSR count). The largest absolute Gasteiger partial charge is 0.355 e. The second kappa shape index (κ2) is 7.68. The van der Waals surface area contributed by atoms with Crippen molar-refractivity contribution in [3.8, 4) is 0 Å². The van der Waals surface area contributed by atoms with Crippen molar-refractivity contribution in [1.82, 2.24) is 9.62 Å². The summed E-state index contributed by atoms with van der Waals surface area (Å²) in [5.41, 5.74) is 0.745. The standard InChI is InChI=1S/C22H26N2O3S/c25-21(22(13-14-22)19-7-3-1-4-8-19)23-17-18-11-15-24(16-12-18)28(26,27)20-9-5-2-6-10-20/h1-10,18H,11-17H2,(H,23,25). The van der Waals surface area contributed by atoms with Gasteiger partial charge in [-0.25, -0.2) is 8.42 Å². The smallest absolute Gasteiger partial charge is 0.243 e. The summed E-state index contributed by atoms with van der Waals surface area (Å²) < 4.78 is 27.0. The summed E-state index contributed by atoms with van der Waals surface area (Å²) in [6, 6.07) is 18.6. The number of sulfonamides is 1. The summed E-state index contributed by atoms with van der Waals surface area (Å²) in [7, 11) is -3.42. The molecule has 1 aliphatic carbocycles. The van der Waals surface area contributed by atoms with Crippen molar-refractivity contribution in [2.75, 3.05) is 19.6 Å². The molecule has 28 heavy (non-hydrogen) atoms. The number of hydrogen-bond donors (Lipinski definition) is 1. The summed E-state index contributed by atoms with van der Waals surface area (Å²) in [4.78, 5) is 13.1. The van der Waals surface area contributed by atoms with E-state index in [-0.39, 0.29) is 11.3 Å². The third-order valence-electron chi connectivity index (χ3n) is 6.02. The molecule has 6 heteroatoms. The van der Waals surface area contributed by atoms with Crippen molar-refractivity contribution in [3.63, 3.8) is 0 Å². The predicted octanol–water partition coefficient (Wildman–Crippen LogP) is 2.94. The molecule has 5 nitrogen and oxygen atoms in total. The lowest BCUT2D eigenvalue weighted by Gasteiger charge is -2.31. The quantitative estimate of drug-likeness (QED) is 0.814. The third-order valence-corrected chi connectivity index (χ3v) is 7.93. The van der Waals surface area contributed by atoms with Crippen LogP contribution in [0.15, 0.2) is 65.6 Å². The van der Waals surface area contributed by atoms with Crippen LogP contribution in [0.25, 0.3) is 0 Å². The number of nitrogens with one attached hydrogen (secondary N) is 1. The first kappa shape index (κ1) is 19.2. The fourth-order valence-corrected chi connectivity index (χ4v) is 5.52. The Morgan fingerprint density at radius 3 is 2.11 bits per heavy atom. The predicted molar refractivity (Wildman–Crippen MR) is 108 cm³/mol. The Hall–Kier alpha value is -2.18. The zero-order chi connectivity index (χ0) is 19.6. The summed E-state index contributed by atoms with van der Waals surface area (Å²) >= 11 is 0. The van der Waals surface area contributed by atoms with Gasteiger partial charge in [0.25, 0.3) is 0 Å². The molecule has 148 valence electrons.